The number of rotatable bonds is 33. The van der Waals surface area contributed by atoms with Crippen molar-refractivity contribution >= 4 is 101 Å². The highest BCUT2D eigenvalue weighted by atomic mass is 79.9. The Bertz CT molecular complexity index is 3430. The highest BCUT2D eigenvalue weighted by Gasteiger charge is 2.27. The van der Waals surface area contributed by atoms with Crippen LogP contribution in [0.2, 0.25) is 19.6 Å². The number of fused-ring (bicyclic) bond motifs is 2. The lowest BCUT2D eigenvalue weighted by molar-refractivity contribution is -0.118. The smallest absolute Gasteiger partial charge is 0.377 e. The van der Waals surface area contributed by atoms with Gasteiger partial charge in [-0.05, 0) is 137 Å². The fourth-order valence-electron chi connectivity index (χ4n) is 9.36. The molecule has 8 rings (SSSR count). The molecule has 0 bridgehead atoms. The molecule has 6 aromatic carbocycles. The third-order valence-electron chi connectivity index (χ3n) is 13.9. The molecule has 1 atom stereocenters. The zero-order chi connectivity index (χ0) is 65.9. The van der Waals surface area contributed by atoms with Gasteiger partial charge >= 0.3 is 7.82 Å². The Balaban J connectivity index is 0.000000283. The maximum absolute atomic E-state index is 13.3. The zero-order valence-electron chi connectivity index (χ0n) is 53.0. The van der Waals surface area contributed by atoms with E-state index in [0.717, 1.165) is 70.0 Å². The van der Waals surface area contributed by atoms with Gasteiger partial charge in [0.15, 0.2) is 0 Å². The molecule has 0 aromatic heterocycles. The van der Waals surface area contributed by atoms with Crippen LogP contribution in [0.4, 0.5) is 11.4 Å². The maximum atomic E-state index is 13.3. The summed E-state index contributed by atoms with van der Waals surface area (Å²) >= 11 is 3.51. The van der Waals surface area contributed by atoms with Crippen LogP contribution in [0.1, 0.15) is 60.8 Å². The molecule has 0 spiro atoms. The molecular formula is C68H88BrN7O13P2Si. The summed E-state index contributed by atoms with van der Waals surface area (Å²) in [6.45, 7) is 13.1. The van der Waals surface area contributed by atoms with Crippen molar-refractivity contribution in [2.24, 2.45) is 5.90 Å². The summed E-state index contributed by atoms with van der Waals surface area (Å²) in [5.41, 5.74) is 5.79. The molecule has 24 heteroatoms. The van der Waals surface area contributed by atoms with Crippen molar-refractivity contribution in [3.63, 3.8) is 0 Å². The van der Waals surface area contributed by atoms with Gasteiger partial charge in [-0.15, -0.1) is 15.3 Å². The summed E-state index contributed by atoms with van der Waals surface area (Å²) in [7, 11) is -7.07. The third-order valence-corrected chi connectivity index (χ3v) is 16.2. The van der Waals surface area contributed by atoms with Gasteiger partial charge in [0, 0.05) is 50.6 Å². The van der Waals surface area contributed by atoms with Gasteiger partial charge in [-0.3, -0.25) is 23.2 Å². The van der Waals surface area contributed by atoms with E-state index in [9.17, 15) is 29.6 Å². The van der Waals surface area contributed by atoms with Crippen LogP contribution in [0, 0.1) is 22.7 Å². The Hall–Kier alpha value is -6.37. The molecule has 0 saturated carbocycles. The summed E-state index contributed by atoms with van der Waals surface area (Å²) in [5, 5.41) is 28.9. The van der Waals surface area contributed by atoms with Gasteiger partial charge in [-0.25, -0.2) is 15.1 Å². The highest BCUT2D eigenvalue weighted by molar-refractivity contribution is 9.26. The number of ether oxygens (including phenoxy) is 4. The molecule has 2 aliphatic heterocycles. The van der Waals surface area contributed by atoms with Crippen LogP contribution in [0.25, 0.3) is 33.7 Å². The van der Waals surface area contributed by atoms with Gasteiger partial charge in [-0.2, -0.15) is 10.5 Å². The summed E-state index contributed by atoms with van der Waals surface area (Å²) < 4.78 is 61.0. The van der Waals surface area contributed by atoms with E-state index < -0.39 is 33.9 Å². The Labute approximate surface area is 550 Å². The minimum absolute atomic E-state index is 0.00294. The number of carbonyl (C=O) groups excluding carboxylic acids is 2. The molecule has 2 amide bonds. The predicted molar refractivity (Wildman–Crippen MR) is 372 cm³/mol. The van der Waals surface area contributed by atoms with E-state index in [1.54, 1.807) is 12.2 Å². The molecule has 494 valence electrons. The number of nitrogens with zero attached hydrogens (tertiary/aromatic N) is 4. The largest absolute Gasteiger partial charge is 0.475 e. The van der Waals surface area contributed by atoms with Gasteiger partial charge in [0.1, 0.15) is 30.0 Å². The van der Waals surface area contributed by atoms with Crippen LogP contribution >= 0.6 is 30.7 Å². The number of hydrogen-bond donors (Lipinski definition) is 4. The van der Waals surface area contributed by atoms with Crippen molar-refractivity contribution in [2.75, 3.05) is 115 Å². The molecule has 0 aliphatic carbocycles. The molecule has 2 aliphatic rings. The lowest BCUT2D eigenvalue weighted by atomic mass is 10.0. The van der Waals surface area contributed by atoms with Crippen molar-refractivity contribution in [1.29, 1.82) is 10.5 Å². The van der Waals surface area contributed by atoms with Crippen LogP contribution in [-0.2, 0) is 69.0 Å². The normalized spacial score (nSPS) is 14.4. The first-order valence-electron chi connectivity index (χ1n) is 30.9. The van der Waals surface area contributed by atoms with Crippen LogP contribution in [0.5, 0.6) is 0 Å². The second-order valence-corrected chi connectivity index (χ2v) is 37.1. The predicted octanol–water partition coefficient (Wildman–Crippen LogP) is 12.6. The molecule has 0 radical (unpaired) electrons. The molecule has 2 heterocycles. The van der Waals surface area contributed by atoms with Gasteiger partial charge < -0.3 is 48.8 Å². The number of nitrogens with one attached hydrogen (secondary N) is 2. The monoisotopic (exact) mass is 1380 g/mol. The van der Waals surface area contributed by atoms with Gasteiger partial charge in [0.2, 0.25) is 0 Å². The minimum Gasteiger partial charge on any atom is -0.377 e. The zero-order valence-corrected chi connectivity index (χ0v) is 57.4. The lowest BCUT2D eigenvalue weighted by Gasteiger charge is -2.29. The quantitative estimate of drug-likeness (QED) is 0.00568. The number of nitriles is 2. The number of carbonyl (C=O) groups is 2. The maximum Gasteiger partial charge on any atom is 0.475 e. The van der Waals surface area contributed by atoms with E-state index in [1.807, 2.05) is 109 Å². The average Bonchev–Trinajstić information content (AvgIpc) is 0.846. The number of halogens is 1. The number of hydrogen-bond acceptors (Lipinski definition) is 18. The third kappa shape index (κ3) is 28.9. The van der Waals surface area contributed by atoms with Gasteiger partial charge in [-0.1, -0.05) is 117 Å². The SMILES string of the molecule is C=P(O)(ON)OCCOCCOCCNC(=O)/C(C#N)=C/c1ccc2cc(N3CCCCC3)ccc2c1.C[Si](C)(C)Br.N#C/C(=C\c1ccc2cc(N3CCCCC3)ccc2c1)C(=O)NCCOCCOCCOP(=O)(OCc1ccccc1)OCc1ccccc1. The van der Waals surface area contributed by atoms with Crippen molar-refractivity contribution in [3.05, 3.63) is 167 Å². The van der Waals surface area contributed by atoms with Crippen LogP contribution < -0.4 is 26.3 Å². The average molecular weight is 1380 g/mol. The van der Waals surface area contributed by atoms with Crippen molar-refractivity contribution in [2.45, 2.75) is 71.4 Å². The van der Waals surface area contributed by atoms with E-state index in [1.165, 1.54) is 49.9 Å². The molecule has 2 saturated heterocycles. The standard InChI is InChI=1S/C39H44N3O7P.C26H35N4O6P.C3H9BrSi/c40-29-37(27-34-14-15-36-28-38(17-16-35(36)26-34)42-19-8-3-9-20-42)39(43)41-18-21-45-22-23-46-24-25-47-50(44,48-30-32-10-4-1-5-11-32)49-31-33-12-6-2-7-13-33;1-37(32,36-28)35-16-15-34-14-13-33-12-9-29-26(31)24(20-27)18-21-5-6-23-19-25(8-7-22(23)17-21)30-10-3-2-4-11-30;1-5(2,3)4/h1-2,4-7,10-17,26-28H,3,8-9,18-25,30-31H2,(H,41,43);5-8,17-19,32H,1-4,9-16,28H2,(H,29,31);1-3H3/b37-27+;24-18+;. The lowest BCUT2D eigenvalue weighted by Crippen LogP contribution is -2.29. The van der Waals surface area contributed by atoms with Gasteiger partial charge in [0.05, 0.1) is 79.3 Å². The van der Waals surface area contributed by atoms with Crippen molar-refractivity contribution < 1.29 is 60.7 Å². The van der Waals surface area contributed by atoms with E-state index in [-0.39, 0.29) is 90.3 Å². The fourth-order valence-corrected chi connectivity index (χ4v) is 10.9. The second-order valence-electron chi connectivity index (χ2n) is 22.4. The summed E-state index contributed by atoms with van der Waals surface area (Å²) in [6, 6.07) is 47.5. The van der Waals surface area contributed by atoms with Crippen molar-refractivity contribution in [3.8, 4) is 12.1 Å². The molecular weight excluding hydrogens is 1290 g/mol. The number of benzene rings is 6. The first-order valence-corrected chi connectivity index (χ1v) is 39.9. The number of phosphoric acid groups is 1. The molecule has 6 aromatic rings. The minimum atomic E-state index is -3.86. The highest BCUT2D eigenvalue weighted by Crippen LogP contribution is 2.51. The second kappa shape index (κ2) is 40.7. The van der Waals surface area contributed by atoms with Gasteiger partial charge in [0.25, 0.3) is 19.4 Å². The van der Waals surface area contributed by atoms with E-state index in [2.05, 4.69) is 103 Å². The van der Waals surface area contributed by atoms with Crippen LogP contribution in [0.3, 0.4) is 0 Å². The Morgan fingerprint density at radius 1 is 0.554 bits per heavy atom. The van der Waals surface area contributed by atoms with E-state index >= 15 is 0 Å². The molecule has 5 N–H and O–H groups in total. The van der Waals surface area contributed by atoms with Crippen LogP contribution in [-0.4, -0.2) is 135 Å². The van der Waals surface area contributed by atoms with Crippen LogP contribution in [0.15, 0.2) is 145 Å². The molecule has 20 nitrogen and oxygen atoms in total. The molecule has 2 fully saturated rings. The Morgan fingerprint density at radius 2 is 0.913 bits per heavy atom. The summed E-state index contributed by atoms with van der Waals surface area (Å²) in [4.78, 5) is 39.3. The fraction of sp³-hybridized carbons (Fsp3) is 0.397. The number of anilines is 2. The summed E-state index contributed by atoms with van der Waals surface area (Å²) in [5.74, 6) is 3.93. The van der Waals surface area contributed by atoms with Crippen molar-refractivity contribution in [1.82, 2.24) is 10.6 Å². The van der Waals surface area contributed by atoms with E-state index in [4.69, 9.17) is 42.9 Å². The number of piperidine rings is 2. The molecule has 92 heavy (non-hydrogen) atoms. The molecule has 1 unspecified atom stereocenters. The number of nitrogens with two attached hydrogens (primary N) is 1. The Kier molecular flexibility index (Phi) is 33.0. The van der Waals surface area contributed by atoms with E-state index in [0.29, 0.717) is 13.2 Å². The topological polar surface area (TPSA) is 259 Å². The number of amides is 2. The number of phosphoric ester groups is 1. The Morgan fingerprint density at radius 3 is 1.30 bits per heavy atom. The summed E-state index contributed by atoms with van der Waals surface area (Å²) in [6.07, 6.45) is 14.0. The first kappa shape index (κ1) is 74.7. The first-order chi connectivity index (χ1) is 44.4.